The van der Waals surface area contributed by atoms with Crippen molar-refractivity contribution in [2.45, 2.75) is 51.4 Å². The summed E-state index contributed by atoms with van der Waals surface area (Å²) in [5.41, 5.74) is 0.535. The lowest BCUT2D eigenvalue weighted by molar-refractivity contribution is -0.142. The molecule has 0 bridgehead atoms. The number of carbonyl (C=O) groups is 1. The summed E-state index contributed by atoms with van der Waals surface area (Å²) in [5, 5.41) is 11.4. The summed E-state index contributed by atoms with van der Waals surface area (Å²) >= 11 is 12.1. The molecule has 1 amide bonds. The molecule has 1 aliphatic rings. The standard InChI is InChI=1S/C20H19Cl2F3N6O/c21-13-7-6-12(15(22)8-13)9-30-11-26-19(29-30)27-17(32)10-31-16-5-3-1-2-4-14(16)18(28-31)20(23,24)25/h6-8,11H,1-5,9-10H2,(H,27,29,32). The van der Waals surface area contributed by atoms with Gasteiger partial charge in [-0.15, -0.1) is 5.10 Å². The number of carbonyl (C=O) groups excluding carboxylic acids is 1. The molecule has 2 heterocycles. The van der Waals surface area contributed by atoms with Gasteiger partial charge in [0.2, 0.25) is 11.9 Å². The van der Waals surface area contributed by atoms with E-state index in [1.54, 1.807) is 18.2 Å². The highest BCUT2D eigenvalue weighted by Crippen LogP contribution is 2.35. The van der Waals surface area contributed by atoms with E-state index in [0.29, 0.717) is 41.5 Å². The van der Waals surface area contributed by atoms with Crippen molar-refractivity contribution in [3.63, 3.8) is 0 Å². The van der Waals surface area contributed by atoms with Crippen LogP contribution in [0.1, 0.15) is 41.8 Å². The van der Waals surface area contributed by atoms with Crippen LogP contribution in [0.25, 0.3) is 0 Å². The highest BCUT2D eigenvalue weighted by molar-refractivity contribution is 6.35. The van der Waals surface area contributed by atoms with Crippen LogP contribution < -0.4 is 5.32 Å². The number of nitrogens with zero attached hydrogens (tertiary/aromatic N) is 5. The van der Waals surface area contributed by atoms with Crippen molar-refractivity contribution in [3.8, 4) is 0 Å². The Hall–Kier alpha value is -2.59. The summed E-state index contributed by atoms with van der Waals surface area (Å²) in [7, 11) is 0. The minimum absolute atomic E-state index is 0.0365. The number of amides is 1. The molecule has 1 aromatic carbocycles. The molecule has 0 saturated carbocycles. The van der Waals surface area contributed by atoms with Gasteiger partial charge in [-0.05, 0) is 43.4 Å². The molecule has 0 spiro atoms. The number of nitrogens with one attached hydrogen (secondary N) is 1. The lowest BCUT2D eigenvalue weighted by atomic mass is 10.1. The van der Waals surface area contributed by atoms with Crippen LogP contribution in [0, 0.1) is 0 Å². The van der Waals surface area contributed by atoms with E-state index in [0.717, 1.165) is 23.1 Å². The van der Waals surface area contributed by atoms with Gasteiger partial charge in [0, 0.05) is 21.3 Å². The maximum atomic E-state index is 13.4. The number of hydrogen-bond acceptors (Lipinski definition) is 4. The number of fused-ring (bicyclic) bond motifs is 1. The summed E-state index contributed by atoms with van der Waals surface area (Å²) in [6.45, 7) is -0.0452. The molecule has 3 aromatic rings. The van der Waals surface area contributed by atoms with Crippen molar-refractivity contribution in [3.05, 3.63) is 57.1 Å². The molecule has 32 heavy (non-hydrogen) atoms. The Morgan fingerprint density at radius 3 is 2.66 bits per heavy atom. The van der Waals surface area contributed by atoms with Crippen LogP contribution in [0.5, 0.6) is 0 Å². The van der Waals surface area contributed by atoms with E-state index in [4.69, 9.17) is 23.2 Å². The van der Waals surface area contributed by atoms with Gasteiger partial charge in [-0.25, -0.2) is 9.67 Å². The topological polar surface area (TPSA) is 77.6 Å². The van der Waals surface area contributed by atoms with Crippen LogP contribution in [-0.2, 0) is 36.9 Å². The monoisotopic (exact) mass is 486 g/mol. The predicted octanol–water partition coefficient (Wildman–Crippen LogP) is 4.76. The smallest absolute Gasteiger partial charge is 0.292 e. The summed E-state index contributed by atoms with van der Waals surface area (Å²) in [6, 6.07) is 5.07. The molecular formula is C20H19Cl2F3N6O. The molecule has 0 aliphatic heterocycles. The molecular weight excluding hydrogens is 468 g/mol. The van der Waals surface area contributed by atoms with E-state index in [1.807, 2.05) is 0 Å². The van der Waals surface area contributed by atoms with Crippen molar-refractivity contribution < 1.29 is 18.0 Å². The molecule has 0 fully saturated rings. The van der Waals surface area contributed by atoms with E-state index in [-0.39, 0.29) is 18.1 Å². The second-order valence-electron chi connectivity index (χ2n) is 7.54. The molecule has 170 valence electrons. The maximum Gasteiger partial charge on any atom is 0.435 e. The summed E-state index contributed by atoms with van der Waals surface area (Å²) in [5.74, 6) is -0.523. The fourth-order valence-corrected chi connectivity index (χ4v) is 4.23. The van der Waals surface area contributed by atoms with Gasteiger partial charge in [-0.2, -0.15) is 18.3 Å². The van der Waals surface area contributed by atoms with E-state index in [2.05, 4.69) is 20.5 Å². The number of anilines is 1. The minimum Gasteiger partial charge on any atom is -0.292 e. The molecule has 4 rings (SSSR count). The average molecular weight is 487 g/mol. The third-order valence-corrected chi connectivity index (χ3v) is 5.79. The lowest BCUT2D eigenvalue weighted by Gasteiger charge is -2.07. The van der Waals surface area contributed by atoms with Gasteiger partial charge in [0.15, 0.2) is 5.69 Å². The predicted molar refractivity (Wildman–Crippen MR) is 113 cm³/mol. The van der Waals surface area contributed by atoms with Crippen LogP contribution in [0.3, 0.4) is 0 Å². The Labute approximate surface area is 191 Å². The van der Waals surface area contributed by atoms with Crippen LogP contribution >= 0.6 is 23.2 Å². The highest BCUT2D eigenvalue weighted by atomic mass is 35.5. The summed E-state index contributed by atoms with van der Waals surface area (Å²) in [4.78, 5) is 16.5. The molecule has 1 N–H and O–H groups in total. The lowest BCUT2D eigenvalue weighted by Crippen LogP contribution is -2.22. The third kappa shape index (κ3) is 5.07. The zero-order chi connectivity index (χ0) is 22.9. The number of rotatable bonds is 5. The van der Waals surface area contributed by atoms with Crippen LogP contribution in [0.15, 0.2) is 24.5 Å². The van der Waals surface area contributed by atoms with Crippen molar-refractivity contribution in [2.75, 3.05) is 5.32 Å². The largest absolute Gasteiger partial charge is 0.435 e. The molecule has 2 aromatic heterocycles. The zero-order valence-corrected chi connectivity index (χ0v) is 18.3. The number of hydrogen-bond donors (Lipinski definition) is 1. The van der Waals surface area contributed by atoms with Gasteiger partial charge in [0.25, 0.3) is 0 Å². The Kier molecular flexibility index (Phi) is 6.43. The van der Waals surface area contributed by atoms with Gasteiger partial charge < -0.3 is 0 Å². The van der Waals surface area contributed by atoms with Crippen LogP contribution in [-0.4, -0.2) is 30.5 Å². The molecule has 0 atom stereocenters. The Bertz CT molecular complexity index is 1140. The first-order valence-corrected chi connectivity index (χ1v) is 10.8. The van der Waals surface area contributed by atoms with Gasteiger partial charge in [0.05, 0.1) is 6.54 Å². The quantitative estimate of drug-likeness (QED) is 0.527. The molecule has 1 aliphatic carbocycles. The third-order valence-electron chi connectivity index (χ3n) is 5.20. The van der Waals surface area contributed by atoms with E-state index in [9.17, 15) is 18.0 Å². The SMILES string of the molecule is O=C(Cn1nc(C(F)(F)F)c2c1CCCCC2)Nc1ncn(Cc2ccc(Cl)cc2Cl)n1. The fraction of sp³-hybridized carbons (Fsp3) is 0.400. The first kappa shape index (κ1) is 22.6. The van der Waals surface area contributed by atoms with Crippen molar-refractivity contribution in [2.24, 2.45) is 0 Å². The van der Waals surface area contributed by atoms with E-state index in [1.165, 1.54) is 11.0 Å². The first-order valence-electron chi connectivity index (χ1n) is 9.99. The molecule has 0 saturated heterocycles. The number of alkyl halides is 3. The minimum atomic E-state index is -4.56. The van der Waals surface area contributed by atoms with Crippen molar-refractivity contribution in [1.82, 2.24) is 24.5 Å². The number of aromatic nitrogens is 5. The normalized spacial score (nSPS) is 14.2. The maximum absolute atomic E-state index is 13.4. The summed E-state index contributed by atoms with van der Waals surface area (Å²) < 4.78 is 42.9. The average Bonchev–Trinajstić information content (AvgIpc) is 3.19. The Morgan fingerprint density at radius 1 is 1.12 bits per heavy atom. The van der Waals surface area contributed by atoms with E-state index < -0.39 is 17.8 Å². The molecule has 7 nitrogen and oxygen atoms in total. The van der Waals surface area contributed by atoms with Crippen molar-refractivity contribution in [1.29, 1.82) is 0 Å². The van der Waals surface area contributed by atoms with Crippen molar-refractivity contribution >= 4 is 35.1 Å². The van der Waals surface area contributed by atoms with E-state index >= 15 is 0 Å². The zero-order valence-electron chi connectivity index (χ0n) is 16.8. The first-order chi connectivity index (χ1) is 15.2. The molecule has 0 unspecified atom stereocenters. The van der Waals surface area contributed by atoms with Gasteiger partial charge in [-0.1, -0.05) is 35.7 Å². The van der Waals surface area contributed by atoms with Crippen LogP contribution in [0.4, 0.5) is 19.1 Å². The molecule has 0 radical (unpaired) electrons. The second kappa shape index (κ2) is 9.11. The number of halogens is 5. The van der Waals surface area contributed by atoms with Gasteiger partial charge >= 0.3 is 6.18 Å². The van der Waals surface area contributed by atoms with Gasteiger partial charge in [-0.3, -0.25) is 14.8 Å². The summed E-state index contributed by atoms with van der Waals surface area (Å²) in [6.07, 6.45) is -0.0892. The van der Waals surface area contributed by atoms with Crippen LogP contribution in [0.2, 0.25) is 10.0 Å². The highest BCUT2D eigenvalue weighted by Gasteiger charge is 2.39. The van der Waals surface area contributed by atoms with Gasteiger partial charge in [0.1, 0.15) is 12.9 Å². The second-order valence-corrected chi connectivity index (χ2v) is 8.38. The Balaban J connectivity index is 1.46. The molecule has 12 heteroatoms. The Morgan fingerprint density at radius 2 is 1.91 bits per heavy atom. The fourth-order valence-electron chi connectivity index (χ4n) is 3.76. The number of benzene rings is 1.